The van der Waals surface area contributed by atoms with E-state index in [0.29, 0.717) is 24.7 Å². The first kappa shape index (κ1) is 20.2. The molecule has 0 bridgehead atoms. The zero-order valence-corrected chi connectivity index (χ0v) is 15.4. The summed E-state index contributed by atoms with van der Waals surface area (Å²) in [6.07, 6.45) is -1.24. The van der Waals surface area contributed by atoms with Gasteiger partial charge < -0.3 is 10.0 Å². The number of nitrogens with zero attached hydrogens (tertiary/aromatic N) is 2. The van der Waals surface area contributed by atoms with E-state index in [-0.39, 0.29) is 0 Å². The molecule has 1 aliphatic rings. The Labute approximate surface area is 150 Å². The number of halogens is 3. The number of amides is 1. The monoisotopic (exact) mass is 378 g/mol. The van der Waals surface area contributed by atoms with Crippen molar-refractivity contribution >= 4 is 17.2 Å². The number of hydrogen-bond acceptors (Lipinski definition) is 4. The van der Waals surface area contributed by atoms with Gasteiger partial charge in [-0.2, -0.15) is 13.2 Å². The maximum Gasteiger partial charge on any atom is 0.424 e. The number of aliphatic hydroxyl groups is 1. The number of aromatic nitrogens is 1. The molecule has 1 aromatic rings. The molecule has 2 atom stereocenters. The van der Waals surface area contributed by atoms with Gasteiger partial charge in [-0.05, 0) is 32.1 Å². The fourth-order valence-corrected chi connectivity index (χ4v) is 4.20. The van der Waals surface area contributed by atoms with Gasteiger partial charge in [0.15, 0.2) is 0 Å². The number of alkyl halides is 3. The molecule has 2 rings (SSSR count). The topological polar surface area (TPSA) is 53.4 Å². The van der Waals surface area contributed by atoms with Gasteiger partial charge in [0.05, 0.1) is 6.42 Å². The van der Waals surface area contributed by atoms with Gasteiger partial charge in [-0.1, -0.05) is 19.8 Å². The highest BCUT2D eigenvalue weighted by molar-refractivity contribution is 7.09. The zero-order valence-electron chi connectivity index (χ0n) is 14.6. The van der Waals surface area contributed by atoms with E-state index in [1.807, 2.05) is 0 Å². The molecule has 25 heavy (non-hydrogen) atoms. The first-order chi connectivity index (χ1) is 11.7. The van der Waals surface area contributed by atoms with E-state index in [1.165, 1.54) is 10.3 Å². The molecule has 1 N–H and O–H groups in total. The van der Waals surface area contributed by atoms with Crippen molar-refractivity contribution in [1.29, 1.82) is 0 Å². The van der Waals surface area contributed by atoms with E-state index >= 15 is 0 Å². The maximum atomic E-state index is 13.5. The molecule has 1 fully saturated rings. The van der Waals surface area contributed by atoms with E-state index < -0.39 is 29.1 Å². The lowest BCUT2D eigenvalue weighted by atomic mass is 9.96. The Hall–Kier alpha value is -1.15. The van der Waals surface area contributed by atoms with Crippen molar-refractivity contribution in [3.63, 3.8) is 0 Å². The Kier molecular flexibility index (Phi) is 6.48. The lowest BCUT2D eigenvalue weighted by Crippen LogP contribution is -2.47. The van der Waals surface area contributed by atoms with Crippen LogP contribution in [0.25, 0.3) is 0 Å². The van der Waals surface area contributed by atoms with E-state index in [0.717, 1.165) is 43.4 Å². The van der Waals surface area contributed by atoms with Crippen LogP contribution in [0, 0.1) is 12.8 Å². The fraction of sp³-hybridized carbons (Fsp3) is 0.765. The minimum Gasteiger partial charge on any atom is -0.374 e. The lowest BCUT2D eigenvalue weighted by Gasteiger charge is -2.30. The zero-order chi connectivity index (χ0) is 18.7. The van der Waals surface area contributed by atoms with Crippen LogP contribution in [0.2, 0.25) is 0 Å². The van der Waals surface area contributed by atoms with Crippen molar-refractivity contribution in [2.45, 2.75) is 64.1 Å². The molecule has 8 heteroatoms. The second-order valence-corrected chi connectivity index (χ2v) is 7.65. The second-order valence-electron chi connectivity index (χ2n) is 6.80. The first-order valence-corrected chi connectivity index (χ1v) is 9.55. The summed E-state index contributed by atoms with van der Waals surface area (Å²) in [5.41, 5.74) is -2.83. The largest absolute Gasteiger partial charge is 0.424 e. The molecule has 2 heterocycles. The standard InChI is InChI=1S/C17H25F3N2O2S/c1-3-5-13-6-4-8-22(9-7-13)14(23)10-16(24,17(18,19)20)15-21-12(2)11-25-15/h11,13,24H,3-10H2,1-2H3. The molecule has 142 valence electrons. The SMILES string of the molecule is CCCC1CCCN(C(=O)CC(O)(c2nc(C)cs2)C(F)(F)F)CC1. The highest BCUT2D eigenvalue weighted by atomic mass is 32.1. The summed E-state index contributed by atoms with van der Waals surface area (Å²) in [7, 11) is 0. The van der Waals surface area contributed by atoms with Crippen molar-refractivity contribution < 1.29 is 23.1 Å². The molecule has 0 aromatic carbocycles. The average molecular weight is 378 g/mol. The van der Waals surface area contributed by atoms with E-state index in [2.05, 4.69) is 11.9 Å². The van der Waals surface area contributed by atoms with Gasteiger partial charge in [0.2, 0.25) is 11.5 Å². The van der Waals surface area contributed by atoms with Crippen LogP contribution in [0.3, 0.4) is 0 Å². The molecule has 0 aliphatic carbocycles. The Balaban J connectivity index is 2.12. The minimum atomic E-state index is -4.95. The predicted octanol–water partition coefficient (Wildman–Crippen LogP) is 4.02. The summed E-state index contributed by atoms with van der Waals surface area (Å²) < 4.78 is 40.5. The first-order valence-electron chi connectivity index (χ1n) is 8.67. The Morgan fingerprint density at radius 1 is 1.40 bits per heavy atom. The van der Waals surface area contributed by atoms with Gasteiger partial charge >= 0.3 is 6.18 Å². The maximum absolute atomic E-state index is 13.5. The van der Waals surface area contributed by atoms with Crippen LogP contribution in [0.5, 0.6) is 0 Å². The minimum absolute atomic E-state index is 0.396. The highest BCUT2D eigenvalue weighted by Gasteiger charge is 2.58. The van der Waals surface area contributed by atoms with Crippen LogP contribution >= 0.6 is 11.3 Å². The molecular weight excluding hydrogens is 353 g/mol. The molecule has 1 amide bonds. The van der Waals surface area contributed by atoms with Crippen LogP contribution in [0.15, 0.2) is 5.38 Å². The van der Waals surface area contributed by atoms with Crippen molar-refractivity contribution in [1.82, 2.24) is 9.88 Å². The third kappa shape index (κ3) is 4.73. The molecule has 0 spiro atoms. The quantitative estimate of drug-likeness (QED) is 0.842. The van der Waals surface area contributed by atoms with Gasteiger partial charge in [0.25, 0.3) is 0 Å². The molecule has 2 unspecified atom stereocenters. The summed E-state index contributed by atoms with van der Waals surface area (Å²) in [6, 6.07) is 0. The predicted molar refractivity (Wildman–Crippen MR) is 90.2 cm³/mol. The lowest BCUT2D eigenvalue weighted by molar-refractivity contribution is -0.268. The summed E-state index contributed by atoms with van der Waals surface area (Å²) in [6.45, 7) is 4.56. The van der Waals surface area contributed by atoms with Crippen LogP contribution in [0.1, 0.15) is 56.2 Å². The summed E-state index contributed by atoms with van der Waals surface area (Å²) in [5.74, 6) is -0.143. The van der Waals surface area contributed by atoms with Gasteiger partial charge in [0, 0.05) is 24.2 Å². The van der Waals surface area contributed by atoms with E-state index in [9.17, 15) is 23.1 Å². The Morgan fingerprint density at radius 3 is 2.68 bits per heavy atom. The molecule has 1 aromatic heterocycles. The molecule has 0 radical (unpaired) electrons. The van der Waals surface area contributed by atoms with Gasteiger partial charge in [0.1, 0.15) is 5.01 Å². The number of aryl methyl sites for hydroxylation is 1. The van der Waals surface area contributed by atoms with Crippen LogP contribution in [-0.2, 0) is 10.4 Å². The fourth-order valence-electron chi connectivity index (χ4n) is 3.28. The number of carbonyl (C=O) groups is 1. The summed E-state index contributed by atoms with van der Waals surface area (Å²) in [4.78, 5) is 17.7. The molecular formula is C17H25F3N2O2S. The number of thiazole rings is 1. The van der Waals surface area contributed by atoms with Gasteiger partial charge in [-0.3, -0.25) is 4.79 Å². The number of carbonyl (C=O) groups excluding carboxylic acids is 1. The normalized spacial score (nSPS) is 21.7. The average Bonchev–Trinajstić information content (AvgIpc) is 2.82. The Bertz CT molecular complexity index is 591. The smallest absolute Gasteiger partial charge is 0.374 e. The number of hydrogen-bond donors (Lipinski definition) is 1. The van der Waals surface area contributed by atoms with Crippen LogP contribution < -0.4 is 0 Å². The van der Waals surface area contributed by atoms with Crippen LogP contribution in [0.4, 0.5) is 13.2 Å². The number of likely N-dealkylation sites (tertiary alicyclic amines) is 1. The van der Waals surface area contributed by atoms with Crippen molar-refractivity contribution in [2.75, 3.05) is 13.1 Å². The van der Waals surface area contributed by atoms with Crippen LogP contribution in [-0.4, -0.2) is 40.2 Å². The molecule has 4 nitrogen and oxygen atoms in total. The summed E-state index contributed by atoms with van der Waals surface area (Å²) >= 11 is 0.731. The molecule has 1 saturated heterocycles. The molecule has 1 aliphatic heterocycles. The van der Waals surface area contributed by atoms with E-state index in [1.54, 1.807) is 6.92 Å². The van der Waals surface area contributed by atoms with Crippen molar-refractivity contribution in [3.8, 4) is 0 Å². The van der Waals surface area contributed by atoms with E-state index in [4.69, 9.17) is 0 Å². The van der Waals surface area contributed by atoms with Crippen molar-refractivity contribution in [2.24, 2.45) is 5.92 Å². The highest BCUT2D eigenvalue weighted by Crippen LogP contribution is 2.43. The van der Waals surface area contributed by atoms with Gasteiger partial charge in [-0.25, -0.2) is 4.98 Å². The van der Waals surface area contributed by atoms with Crippen molar-refractivity contribution in [3.05, 3.63) is 16.1 Å². The van der Waals surface area contributed by atoms with Gasteiger partial charge in [-0.15, -0.1) is 11.3 Å². The Morgan fingerprint density at radius 2 is 2.12 bits per heavy atom. The third-order valence-corrected chi connectivity index (χ3v) is 5.86. The third-order valence-electron chi connectivity index (χ3n) is 4.75. The molecule has 0 saturated carbocycles. The summed E-state index contributed by atoms with van der Waals surface area (Å²) in [5, 5.41) is 11.3. The second kappa shape index (κ2) is 8.03. The number of rotatable bonds is 5.